The first-order valence-electron chi connectivity index (χ1n) is 7.87. The largest absolute Gasteiger partial charge is 0.369 e. The van der Waals surface area contributed by atoms with E-state index in [1.54, 1.807) is 0 Å². The molecule has 0 saturated carbocycles. The van der Waals surface area contributed by atoms with Gasteiger partial charge < -0.3 is 10.2 Å². The van der Waals surface area contributed by atoms with E-state index in [0.29, 0.717) is 6.04 Å². The van der Waals surface area contributed by atoms with Gasteiger partial charge in [0.15, 0.2) is 0 Å². The van der Waals surface area contributed by atoms with Crippen molar-refractivity contribution < 1.29 is 0 Å². The fraction of sp³-hybridized carbons (Fsp3) is 0.647. The number of nitrogens with one attached hydrogen (secondary N) is 1. The molecule has 1 heterocycles. The van der Waals surface area contributed by atoms with Crippen LogP contribution in [0, 0.1) is 5.92 Å². The molecule has 0 aromatic heterocycles. The highest BCUT2D eigenvalue weighted by molar-refractivity contribution is 6.31. The minimum atomic E-state index is 0.617. The smallest absolute Gasteiger partial charge is 0.0471 e. The van der Waals surface area contributed by atoms with Gasteiger partial charge in [-0.2, -0.15) is 0 Å². The molecule has 2 unspecified atom stereocenters. The van der Waals surface area contributed by atoms with Crippen molar-refractivity contribution in [3.8, 4) is 0 Å². The van der Waals surface area contributed by atoms with Gasteiger partial charge in [-0.25, -0.2) is 0 Å². The maximum Gasteiger partial charge on any atom is 0.0471 e. The molecule has 1 saturated heterocycles. The summed E-state index contributed by atoms with van der Waals surface area (Å²) < 4.78 is 0. The average Bonchev–Trinajstić information content (AvgIpc) is 2.43. The molecule has 3 heteroatoms. The van der Waals surface area contributed by atoms with Crippen molar-refractivity contribution in [1.29, 1.82) is 0 Å². The highest BCUT2D eigenvalue weighted by Gasteiger charge is 2.23. The van der Waals surface area contributed by atoms with Gasteiger partial charge in [-0.05, 0) is 56.3 Å². The van der Waals surface area contributed by atoms with Crippen LogP contribution in [0.25, 0.3) is 0 Å². The second kappa shape index (κ2) is 7.33. The summed E-state index contributed by atoms with van der Waals surface area (Å²) in [6.07, 6.45) is 3.77. The average molecular weight is 295 g/mol. The first-order chi connectivity index (χ1) is 9.61. The van der Waals surface area contributed by atoms with Crippen molar-refractivity contribution in [1.82, 2.24) is 5.32 Å². The second-order valence-electron chi connectivity index (χ2n) is 6.14. The Bertz CT molecular complexity index is 433. The van der Waals surface area contributed by atoms with E-state index < -0.39 is 0 Å². The number of anilines is 1. The van der Waals surface area contributed by atoms with Crippen molar-refractivity contribution in [2.24, 2.45) is 5.92 Å². The van der Waals surface area contributed by atoms with Crippen LogP contribution < -0.4 is 10.2 Å². The van der Waals surface area contributed by atoms with Crippen LogP contribution in [0.3, 0.4) is 0 Å². The van der Waals surface area contributed by atoms with Gasteiger partial charge in [-0.3, -0.25) is 0 Å². The number of nitrogens with zero attached hydrogens (tertiary/aromatic N) is 1. The van der Waals surface area contributed by atoms with Crippen LogP contribution in [0.2, 0.25) is 5.02 Å². The molecule has 0 aliphatic carbocycles. The van der Waals surface area contributed by atoms with E-state index in [4.69, 9.17) is 11.6 Å². The zero-order valence-electron chi connectivity index (χ0n) is 13.0. The highest BCUT2D eigenvalue weighted by Crippen LogP contribution is 2.30. The normalized spacial score (nSPS) is 23.1. The summed E-state index contributed by atoms with van der Waals surface area (Å²) in [4.78, 5) is 2.50. The molecule has 0 bridgehead atoms. The molecule has 2 atom stereocenters. The van der Waals surface area contributed by atoms with E-state index in [0.717, 1.165) is 37.0 Å². The molecule has 0 spiro atoms. The fourth-order valence-electron chi connectivity index (χ4n) is 2.91. The Hall–Kier alpha value is -0.730. The summed E-state index contributed by atoms with van der Waals surface area (Å²) in [6.45, 7) is 9.87. The van der Waals surface area contributed by atoms with E-state index in [-0.39, 0.29) is 0 Å². The topological polar surface area (TPSA) is 15.3 Å². The maximum atomic E-state index is 6.44. The summed E-state index contributed by atoms with van der Waals surface area (Å²) in [7, 11) is 0. The molecule has 1 aliphatic heterocycles. The van der Waals surface area contributed by atoms with Crippen molar-refractivity contribution in [2.75, 3.05) is 18.0 Å². The number of benzene rings is 1. The van der Waals surface area contributed by atoms with Crippen molar-refractivity contribution in [3.05, 3.63) is 28.8 Å². The third-order valence-electron chi connectivity index (χ3n) is 4.23. The Morgan fingerprint density at radius 2 is 2.10 bits per heavy atom. The van der Waals surface area contributed by atoms with Crippen molar-refractivity contribution in [2.45, 2.75) is 52.6 Å². The quantitative estimate of drug-likeness (QED) is 0.806. The Labute approximate surface area is 128 Å². The van der Waals surface area contributed by atoms with Gasteiger partial charge in [0.2, 0.25) is 0 Å². The van der Waals surface area contributed by atoms with Gasteiger partial charge in [0, 0.05) is 29.8 Å². The van der Waals surface area contributed by atoms with Gasteiger partial charge in [0.25, 0.3) is 0 Å². The van der Waals surface area contributed by atoms with Crippen LogP contribution in [-0.4, -0.2) is 19.1 Å². The Morgan fingerprint density at radius 3 is 2.80 bits per heavy atom. The summed E-state index contributed by atoms with van der Waals surface area (Å²) in [5.74, 6) is 0.774. The molecule has 1 aromatic rings. The molecule has 112 valence electrons. The van der Waals surface area contributed by atoms with Crippen LogP contribution in [0.1, 0.15) is 45.6 Å². The fourth-order valence-corrected chi connectivity index (χ4v) is 3.15. The zero-order chi connectivity index (χ0) is 14.5. The molecule has 1 aromatic carbocycles. The third-order valence-corrected chi connectivity index (χ3v) is 4.58. The van der Waals surface area contributed by atoms with E-state index in [1.165, 1.54) is 24.1 Å². The van der Waals surface area contributed by atoms with Crippen molar-refractivity contribution >= 4 is 17.3 Å². The van der Waals surface area contributed by atoms with Crippen molar-refractivity contribution in [3.63, 3.8) is 0 Å². The lowest BCUT2D eigenvalue weighted by atomic mass is 9.94. The Kier molecular flexibility index (Phi) is 5.74. The lowest BCUT2D eigenvalue weighted by molar-refractivity contribution is 0.390. The number of hydrogen-bond acceptors (Lipinski definition) is 2. The minimum Gasteiger partial charge on any atom is -0.369 e. The standard InChI is InChI=1S/C17H27ClN2/c1-4-9-19-11-15-7-8-16(10-17(15)18)20-12-13(2)5-6-14(20)3/h7-8,10,13-14,19H,4-6,9,11-12H2,1-3H3. The summed E-state index contributed by atoms with van der Waals surface area (Å²) in [5.41, 5.74) is 2.47. The molecule has 0 amide bonds. The van der Waals surface area contributed by atoms with E-state index in [1.807, 2.05) is 0 Å². The SMILES string of the molecule is CCCNCc1ccc(N2CC(C)CCC2C)cc1Cl. The Balaban J connectivity index is 2.07. The highest BCUT2D eigenvalue weighted by atomic mass is 35.5. The molecule has 1 aliphatic rings. The first kappa shape index (κ1) is 15.7. The molecular weight excluding hydrogens is 268 g/mol. The maximum absolute atomic E-state index is 6.44. The molecular formula is C17H27ClN2. The van der Waals surface area contributed by atoms with Crippen LogP contribution in [0.15, 0.2) is 18.2 Å². The van der Waals surface area contributed by atoms with Gasteiger partial charge >= 0.3 is 0 Å². The molecule has 20 heavy (non-hydrogen) atoms. The lowest BCUT2D eigenvalue weighted by Gasteiger charge is -2.38. The summed E-state index contributed by atoms with van der Waals surface area (Å²) >= 11 is 6.44. The van der Waals surface area contributed by atoms with Gasteiger partial charge in [0.1, 0.15) is 0 Å². The molecule has 2 rings (SSSR count). The monoisotopic (exact) mass is 294 g/mol. The number of halogens is 1. The molecule has 0 radical (unpaired) electrons. The minimum absolute atomic E-state index is 0.617. The number of piperidine rings is 1. The molecule has 1 fully saturated rings. The second-order valence-corrected chi connectivity index (χ2v) is 6.54. The van der Waals surface area contributed by atoms with Crippen LogP contribution >= 0.6 is 11.6 Å². The van der Waals surface area contributed by atoms with Crippen LogP contribution in [0.4, 0.5) is 5.69 Å². The molecule has 2 nitrogen and oxygen atoms in total. The van der Waals surface area contributed by atoms with Gasteiger partial charge in [-0.15, -0.1) is 0 Å². The zero-order valence-corrected chi connectivity index (χ0v) is 13.7. The third kappa shape index (κ3) is 3.89. The van der Waals surface area contributed by atoms with E-state index in [2.05, 4.69) is 49.2 Å². The number of hydrogen-bond donors (Lipinski definition) is 1. The predicted octanol–water partition coefficient (Wildman–Crippen LogP) is 4.46. The van der Waals surface area contributed by atoms with E-state index >= 15 is 0 Å². The Morgan fingerprint density at radius 1 is 1.30 bits per heavy atom. The summed E-state index contributed by atoms with van der Waals surface area (Å²) in [5, 5.41) is 4.29. The van der Waals surface area contributed by atoms with Gasteiger partial charge in [-0.1, -0.05) is 31.5 Å². The predicted molar refractivity (Wildman–Crippen MR) is 88.7 cm³/mol. The van der Waals surface area contributed by atoms with E-state index in [9.17, 15) is 0 Å². The number of rotatable bonds is 5. The summed E-state index contributed by atoms with van der Waals surface area (Å²) in [6, 6.07) is 7.15. The van der Waals surface area contributed by atoms with Crippen LogP contribution in [0.5, 0.6) is 0 Å². The van der Waals surface area contributed by atoms with Gasteiger partial charge in [0.05, 0.1) is 0 Å². The lowest BCUT2D eigenvalue weighted by Crippen LogP contribution is -2.41. The molecule has 1 N–H and O–H groups in total. The first-order valence-corrected chi connectivity index (χ1v) is 8.25. The van der Waals surface area contributed by atoms with Crippen LogP contribution in [-0.2, 0) is 6.54 Å².